The summed E-state index contributed by atoms with van der Waals surface area (Å²) in [4.78, 5) is 70.8. The standard InChI is InChI=1S/C40H76N6O11S/c1-2-3-4-5-6-7-8-9-10-11-12-13-14-18-38(50)45-34(40(52)53)19-20-36(48)43-23-25-55-27-29-57-31-30-56-28-26-54-24-21-37(49)42-22-16-15-17-33(46-58)39(51)44-32-35(41)47/h33-34,46,58H,2-32H2,1H3,(H2,41,47)(H,42,49)(H,43,48)(H,44,51)(H,45,50)(H,52,53)/t33-,34?/m0/s1. The minimum absolute atomic E-state index is 0.0115. The van der Waals surface area contributed by atoms with Crippen molar-refractivity contribution in [3.8, 4) is 0 Å². The maximum Gasteiger partial charge on any atom is 0.326 e. The molecule has 0 aliphatic carbocycles. The van der Waals surface area contributed by atoms with E-state index in [4.69, 9.17) is 24.7 Å². The fourth-order valence-corrected chi connectivity index (χ4v) is 5.97. The first-order valence-electron chi connectivity index (χ1n) is 21.4. The number of thiol groups is 1. The lowest BCUT2D eigenvalue weighted by atomic mass is 10.0. The number of carboxylic acid groups (broad SMARTS) is 1. The largest absolute Gasteiger partial charge is 0.480 e. The van der Waals surface area contributed by atoms with Gasteiger partial charge in [0.25, 0.3) is 0 Å². The maximum absolute atomic E-state index is 12.3. The number of carbonyl (C=O) groups is 6. The second-order valence-corrected chi connectivity index (χ2v) is 14.5. The molecule has 0 aliphatic rings. The number of amides is 5. The third-order valence-electron chi connectivity index (χ3n) is 9.11. The van der Waals surface area contributed by atoms with Gasteiger partial charge in [0, 0.05) is 32.4 Å². The molecule has 0 fully saturated rings. The van der Waals surface area contributed by atoms with E-state index in [0.717, 1.165) is 19.3 Å². The van der Waals surface area contributed by atoms with E-state index in [0.29, 0.717) is 65.4 Å². The van der Waals surface area contributed by atoms with E-state index in [1.54, 1.807) is 0 Å². The van der Waals surface area contributed by atoms with E-state index in [1.807, 2.05) is 0 Å². The molecule has 5 amide bonds. The predicted molar refractivity (Wildman–Crippen MR) is 225 cm³/mol. The molecule has 0 aromatic carbocycles. The molecule has 0 spiro atoms. The number of rotatable bonds is 43. The van der Waals surface area contributed by atoms with Crippen molar-refractivity contribution in [2.75, 3.05) is 72.5 Å². The molecule has 8 N–H and O–H groups in total. The number of carbonyl (C=O) groups excluding carboxylic acids is 5. The van der Waals surface area contributed by atoms with Crippen molar-refractivity contribution in [2.45, 2.75) is 147 Å². The average molecular weight is 849 g/mol. The highest BCUT2D eigenvalue weighted by Crippen LogP contribution is 2.13. The number of carboxylic acids is 1. The summed E-state index contributed by atoms with van der Waals surface area (Å²) in [5.41, 5.74) is 5.02. The first-order valence-corrected chi connectivity index (χ1v) is 21.9. The molecular weight excluding hydrogens is 773 g/mol. The van der Waals surface area contributed by atoms with Crippen LogP contribution in [-0.2, 0) is 47.7 Å². The fourth-order valence-electron chi connectivity index (χ4n) is 5.72. The Kier molecular flexibility index (Phi) is 38.6. The summed E-state index contributed by atoms with van der Waals surface area (Å²) < 4.78 is 24.4. The number of nitrogens with two attached hydrogens (primary N) is 1. The van der Waals surface area contributed by atoms with Crippen LogP contribution in [0.4, 0.5) is 0 Å². The zero-order valence-corrected chi connectivity index (χ0v) is 36.0. The van der Waals surface area contributed by atoms with Gasteiger partial charge in [-0.1, -0.05) is 96.8 Å². The molecule has 58 heavy (non-hydrogen) atoms. The van der Waals surface area contributed by atoms with Crippen molar-refractivity contribution >= 4 is 48.3 Å². The highest BCUT2D eigenvalue weighted by Gasteiger charge is 2.21. The average Bonchev–Trinajstić information content (AvgIpc) is 3.19. The summed E-state index contributed by atoms with van der Waals surface area (Å²) >= 11 is 3.94. The van der Waals surface area contributed by atoms with Gasteiger partial charge in [0.05, 0.1) is 65.4 Å². The van der Waals surface area contributed by atoms with Crippen LogP contribution in [0.1, 0.15) is 135 Å². The maximum atomic E-state index is 12.3. The zero-order chi connectivity index (χ0) is 42.9. The van der Waals surface area contributed by atoms with E-state index in [2.05, 4.69) is 45.7 Å². The lowest BCUT2D eigenvalue weighted by Crippen LogP contribution is -2.44. The van der Waals surface area contributed by atoms with Crippen LogP contribution in [-0.4, -0.2) is 125 Å². The molecule has 0 heterocycles. The van der Waals surface area contributed by atoms with E-state index < -0.39 is 24.0 Å². The molecule has 0 radical (unpaired) electrons. The summed E-state index contributed by atoms with van der Waals surface area (Å²) in [7, 11) is 0. The predicted octanol–water partition coefficient (Wildman–Crippen LogP) is 3.08. The highest BCUT2D eigenvalue weighted by atomic mass is 32.1. The molecule has 0 rings (SSSR count). The van der Waals surface area contributed by atoms with E-state index in [-0.39, 0.29) is 75.6 Å². The Hall–Kier alpha value is -3.03. The molecule has 17 nitrogen and oxygen atoms in total. The number of ether oxygens (including phenoxy) is 4. The Labute approximate surface area is 352 Å². The first kappa shape index (κ1) is 55.0. The molecular formula is C40H76N6O11S. The molecule has 0 saturated carbocycles. The molecule has 1 unspecified atom stereocenters. The van der Waals surface area contributed by atoms with Gasteiger partial charge >= 0.3 is 5.97 Å². The molecule has 0 aromatic heterocycles. The van der Waals surface area contributed by atoms with Crippen LogP contribution in [0.3, 0.4) is 0 Å². The SMILES string of the molecule is CCCCCCCCCCCCCCCC(=O)NC(CCC(=O)NCCOCCOCCOCCOCCC(=O)NCCCC[C@H](NS)C(=O)NCC(N)=O)C(=O)O. The Balaban J connectivity index is 3.63. The van der Waals surface area contributed by atoms with Gasteiger partial charge in [-0.15, -0.1) is 0 Å². The van der Waals surface area contributed by atoms with Crippen LogP contribution in [0.2, 0.25) is 0 Å². The molecule has 338 valence electrons. The molecule has 0 aromatic rings. The van der Waals surface area contributed by atoms with E-state index in [9.17, 15) is 33.9 Å². The molecule has 2 atom stereocenters. The van der Waals surface area contributed by atoms with Gasteiger partial charge in [-0.3, -0.25) is 28.7 Å². The van der Waals surface area contributed by atoms with E-state index >= 15 is 0 Å². The minimum atomic E-state index is -1.15. The summed E-state index contributed by atoms with van der Waals surface area (Å²) in [5, 5.41) is 20.0. The number of primary amides is 1. The number of nitrogens with one attached hydrogen (secondary N) is 5. The van der Waals surface area contributed by atoms with Crippen molar-refractivity contribution in [3.05, 3.63) is 0 Å². The molecule has 0 saturated heterocycles. The number of hydrogen-bond acceptors (Lipinski definition) is 12. The van der Waals surface area contributed by atoms with Gasteiger partial charge < -0.3 is 51.1 Å². The summed E-state index contributed by atoms with van der Waals surface area (Å²) in [6, 6.07) is -1.67. The van der Waals surface area contributed by atoms with Crippen molar-refractivity contribution in [1.82, 2.24) is 26.0 Å². The normalized spacial score (nSPS) is 12.1. The summed E-state index contributed by atoms with van der Waals surface area (Å²) in [5.74, 6) is -2.89. The number of unbranched alkanes of at least 4 members (excludes halogenated alkanes) is 13. The Morgan fingerprint density at radius 2 is 1.03 bits per heavy atom. The third kappa shape index (κ3) is 37.3. The number of aliphatic carboxylic acids is 1. The molecule has 0 aliphatic heterocycles. The molecule has 18 heteroatoms. The fraction of sp³-hybridized carbons (Fsp3) is 0.850. The van der Waals surface area contributed by atoms with Crippen LogP contribution in [0.25, 0.3) is 0 Å². The Morgan fingerprint density at radius 1 is 0.534 bits per heavy atom. The second-order valence-electron chi connectivity index (χ2n) is 14.3. The van der Waals surface area contributed by atoms with Crippen LogP contribution >= 0.6 is 12.8 Å². The monoisotopic (exact) mass is 849 g/mol. The van der Waals surface area contributed by atoms with Gasteiger partial charge in [0.15, 0.2) is 0 Å². The van der Waals surface area contributed by atoms with Gasteiger partial charge in [-0.2, -0.15) is 0 Å². The van der Waals surface area contributed by atoms with Crippen LogP contribution in [0.5, 0.6) is 0 Å². The minimum Gasteiger partial charge on any atom is -0.480 e. The van der Waals surface area contributed by atoms with Gasteiger partial charge in [-0.05, 0) is 32.1 Å². The van der Waals surface area contributed by atoms with Crippen molar-refractivity contribution < 1.29 is 52.8 Å². The van der Waals surface area contributed by atoms with Crippen molar-refractivity contribution in [3.63, 3.8) is 0 Å². The van der Waals surface area contributed by atoms with Gasteiger partial charge in [0.2, 0.25) is 29.5 Å². The lowest BCUT2D eigenvalue weighted by Gasteiger charge is -2.14. The Bertz CT molecular complexity index is 1090. The first-order chi connectivity index (χ1) is 28.1. The van der Waals surface area contributed by atoms with Crippen molar-refractivity contribution in [2.24, 2.45) is 5.73 Å². The number of hydrogen-bond donors (Lipinski definition) is 8. The second kappa shape index (κ2) is 40.7. The zero-order valence-electron chi connectivity index (χ0n) is 35.1. The quantitative estimate of drug-likeness (QED) is 0.0326. The highest BCUT2D eigenvalue weighted by molar-refractivity contribution is 7.78. The van der Waals surface area contributed by atoms with Crippen LogP contribution in [0.15, 0.2) is 0 Å². The third-order valence-corrected chi connectivity index (χ3v) is 9.42. The van der Waals surface area contributed by atoms with Gasteiger partial charge in [-0.25, -0.2) is 4.79 Å². The smallest absolute Gasteiger partial charge is 0.326 e. The van der Waals surface area contributed by atoms with E-state index in [1.165, 1.54) is 64.2 Å². The Morgan fingerprint density at radius 3 is 1.57 bits per heavy atom. The summed E-state index contributed by atoms with van der Waals surface area (Å²) in [6.07, 6.45) is 18.0. The molecule has 0 bridgehead atoms. The van der Waals surface area contributed by atoms with Crippen LogP contribution < -0.4 is 31.7 Å². The summed E-state index contributed by atoms with van der Waals surface area (Å²) in [6.45, 7) is 5.37. The van der Waals surface area contributed by atoms with Gasteiger partial charge in [0.1, 0.15) is 6.04 Å². The lowest BCUT2D eigenvalue weighted by molar-refractivity contribution is -0.142. The van der Waals surface area contributed by atoms with Crippen molar-refractivity contribution in [1.29, 1.82) is 0 Å². The van der Waals surface area contributed by atoms with Crippen LogP contribution in [0, 0.1) is 0 Å². The topological polar surface area (TPSA) is 246 Å².